The normalized spacial score (nSPS) is 28.1. The predicted molar refractivity (Wildman–Crippen MR) is 88.9 cm³/mol. The van der Waals surface area contributed by atoms with E-state index in [4.69, 9.17) is 6.57 Å². The molecule has 0 saturated heterocycles. The molecule has 2 aromatic rings. The Morgan fingerprint density at radius 1 is 1.12 bits per heavy atom. The molecule has 2 bridgehead atoms. The van der Waals surface area contributed by atoms with Crippen molar-refractivity contribution >= 4 is 0 Å². The van der Waals surface area contributed by atoms with Gasteiger partial charge in [-0.2, -0.15) is 13.2 Å². The molecular weight excluding hydrogens is 341 g/mol. The van der Waals surface area contributed by atoms with E-state index in [2.05, 4.69) is 15.0 Å². The largest absolute Gasteiger partial charge is 0.417 e. The molecule has 0 spiro atoms. The molecule has 26 heavy (non-hydrogen) atoms. The van der Waals surface area contributed by atoms with E-state index in [0.717, 1.165) is 50.4 Å². The molecule has 3 saturated carbocycles. The molecule has 5 rings (SSSR count). The Labute approximate surface area is 149 Å². The summed E-state index contributed by atoms with van der Waals surface area (Å²) in [6.07, 6.45) is 0.771. The van der Waals surface area contributed by atoms with Gasteiger partial charge in [-0.25, -0.2) is 11.1 Å². The van der Waals surface area contributed by atoms with Crippen LogP contribution in [0.3, 0.4) is 0 Å². The highest BCUT2D eigenvalue weighted by Crippen LogP contribution is 2.54. The van der Waals surface area contributed by atoms with E-state index in [-0.39, 0.29) is 16.5 Å². The molecule has 0 radical (unpaired) electrons. The molecule has 1 heterocycles. The lowest BCUT2D eigenvalue weighted by Crippen LogP contribution is -2.52. The fraction of sp³-hybridized carbons (Fsp3) is 0.526. The van der Waals surface area contributed by atoms with Gasteiger partial charge in [0.2, 0.25) is 11.4 Å². The van der Waals surface area contributed by atoms with Gasteiger partial charge in [-0.05, 0) is 31.4 Å². The number of hydrogen-bond donors (Lipinski definition) is 1. The van der Waals surface area contributed by atoms with Crippen molar-refractivity contribution in [3.63, 3.8) is 0 Å². The summed E-state index contributed by atoms with van der Waals surface area (Å²) in [7, 11) is 1.78. The van der Waals surface area contributed by atoms with Crippen LogP contribution in [0.1, 0.15) is 49.9 Å². The third kappa shape index (κ3) is 2.43. The molecule has 0 amide bonds. The van der Waals surface area contributed by atoms with Gasteiger partial charge in [0.25, 0.3) is 0 Å². The van der Waals surface area contributed by atoms with E-state index in [1.165, 1.54) is 12.1 Å². The van der Waals surface area contributed by atoms with Crippen molar-refractivity contribution in [3.8, 4) is 11.4 Å². The van der Waals surface area contributed by atoms with Crippen LogP contribution in [0.15, 0.2) is 24.3 Å². The zero-order chi connectivity index (χ0) is 18.6. The molecule has 3 fully saturated rings. The monoisotopic (exact) mass is 361 g/mol. The summed E-state index contributed by atoms with van der Waals surface area (Å²) in [6, 6.07) is 5.55. The van der Waals surface area contributed by atoms with Crippen molar-refractivity contribution in [2.75, 3.05) is 0 Å². The second kappa shape index (κ2) is 5.57. The van der Waals surface area contributed by atoms with Crippen LogP contribution < -0.4 is 4.57 Å². The molecular formula is C19H20F3N4+. The zero-order valence-electron chi connectivity index (χ0n) is 14.5. The van der Waals surface area contributed by atoms with Crippen molar-refractivity contribution in [2.45, 2.75) is 55.7 Å². The van der Waals surface area contributed by atoms with Crippen LogP contribution in [0.5, 0.6) is 0 Å². The van der Waals surface area contributed by atoms with E-state index in [9.17, 15) is 13.2 Å². The summed E-state index contributed by atoms with van der Waals surface area (Å²) < 4.78 is 41.9. The third-order valence-corrected chi connectivity index (χ3v) is 6.34. The minimum absolute atomic E-state index is 0.0866. The van der Waals surface area contributed by atoms with E-state index >= 15 is 0 Å². The maximum absolute atomic E-state index is 13.4. The van der Waals surface area contributed by atoms with Gasteiger partial charge in [0.1, 0.15) is 0 Å². The molecule has 0 unspecified atom stereocenters. The number of halogens is 3. The Morgan fingerprint density at radius 2 is 1.73 bits per heavy atom. The van der Waals surface area contributed by atoms with Gasteiger partial charge in [-0.15, -0.1) is 5.10 Å². The first-order valence-electron chi connectivity index (χ1n) is 8.80. The molecule has 1 aromatic carbocycles. The van der Waals surface area contributed by atoms with E-state index in [1.807, 2.05) is 0 Å². The fourth-order valence-corrected chi connectivity index (χ4v) is 4.69. The number of hydrogen-bond acceptors (Lipinski definition) is 1. The van der Waals surface area contributed by atoms with Gasteiger partial charge in [0.05, 0.1) is 23.6 Å². The lowest BCUT2D eigenvalue weighted by Gasteiger charge is -2.45. The molecule has 1 aromatic heterocycles. The molecule has 3 aliphatic carbocycles. The second-order valence-corrected chi connectivity index (χ2v) is 7.61. The van der Waals surface area contributed by atoms with Crippen LogP contribution >= 0.6 is 0 Å². The quantitative estimate of drug-likeness (QED) is 0.632. The number of benzene rings is 1. The van der Waals surface area contributed by atoms with Crippen LogP contribution in [-0.4, -0.2) is 15.7 Å². The fourth-order valence-electron chi connectivity index (χ4n) is 4.69. The number of alkyl halides is 3. The average molecular weight is 361 g/mol. The van der Waals surface area contributed by atoms with Crippen LogP contribution in [0, 0.1) is 6.57 Å². The van der Waals surface area contributed by atoms with E-state index < -0.39 is 11.7 Å². The second-order valence-electron chi connectivity index (χ2n) is 7.61. The minimum atomic E-state index is -4.42. The first kappa shape index (κ1) is 17.1. The first-order valence-corrected chi connectivity index (χ1v) is 8.80. The third-order valence-electron chi connectivity index (χ3n) is 6.34. The highest BCUT2D eigenvalue weighted by molar-refractivity contribution is 5.58. The Kier molecular flexibility index (Phi) is 3.66. The smallest absolute Gasteiger partial charge is 0.310 e. The zero-order valence-corrected chi connectivity index (χ0v) is 14.5. The number of nitrogens with zero attached hydrogens (tertiary/aromatic N) is 3. The summed E-state index contributed by atoms with van der Waals surface area (Å²) in [6.45, 7) is 7.47. The summed E-state index contributed by atoms with van der Waals surface area (Å²) >= 11 is 0. The van der Waals surface area contributed by atoms with Crippen LogP contribution in [-0.2, 0) is 18.6 Å². The topological polar surface area (TPSA) is 36.9 Å². The van der Waals surface area contributed by atoms with Crippen molar-refractivity contribution in [3.05, 3.63) is 47.1 Å². The Hall–Kier alpha value is -2.36. The molecule has 4 nitrogen and oxygen atoms in total. The number of aromatic nitrogens is 3. The van der Waals surface area contributed by atoms with Gasteiger partial charge in [-0.1, -0.05) is 12.1 Å². The van der Waals surface area contributed by atoms with Crippen LogP contribution in [0.25, 0.3) is 16.2 Å². The Morgan fingerprint density at radius 3 is 2.31 bits per heavy atom. The predicted octanol–water partition coefficient (Wildman–Crippen LogP) is 4.18. The minimum Gasteiger partial charge on any atom is -0.310 e. The van der Waals surface area contributed by atoms with Crippen molar-refractivity contribution < 1.29 is 17.7 Å². The highest BCUT2D eigenvalue weighted by atomic mass is 19.4. The van der Waals surface area contributed by atoms with Crippen LogP contribution in [0.2, 0.25) is 0 Å². The molecule has 1 N–H and O–H groups in total. The number of H-pyrrole nitrogens is 1. The van der Waals surface area contributed by atoms with Gasteiger partial charge in [0.15, 0.2) is 0 Å². The van der Waals surface area contributed by atoms with Gasteiger partial charge in [-0.3, -0.25) is 0 Å². The molecule has 0 atom stereocenters. The lowest BCUT2D eigenvalue weighted by molar-refractivity contribution is -0.673. The number of rotatable bonds is 2. The highest BCUT2D eigenvalue weighted by Gasteiger charge is 2.57. The van der Waals surface area contributed by atoms with E-state index in [1.54, 1.807) is 17.7 Å². The molecule has 0 aliphatic heterocycles. The van der Waals surface area contributed by atoms with Crippen LogP contribution in [0.4, 0.5) is 13.2 Å². The van der Waals surface area contributed by atoms with E-state index in [0.29, 0.717) is 5.82 Å². The number of nitrogens with one attached hydrogen (secondary N) is 1. The average Bonchev–Trinajstić information content (AvgIpc) is 3.04. The van der Waals surface area contributed by atoms with Crippen molar-refractivity contribution in [1.82, 2.24) is 10.2 Å². The summed E-state index contributed by atoms with van der Waals surface area (Å²) in [5.74, 6) is 1.18. The summed E-state index contributed by atoms with van der Waals surface area (Å²) in [5.41, 5.74) is -0.917. The standard InChI is InChI=1S/C19H19F3N4/c1-23-18-10-7-17(8-11-18,9-12-18)16-25-24-15(26(16)2)13-5-3-4-6-14(13)19(20,21)22/h3-6H,7-12H2,2H3/p+1. The Balaban J connectivity index is 1.75. The maximum atomic E-state index is 13.4. The van der Waals surface area contributed by atoms with Gasteiger partial charge in [0, 0.05) is 24.4 Å². The summed E-state index contributed by atoms with van der Waals surface area (Å²) in [4.78, 5) is 3.87. The van der Waals surface area contributed by atoms with Gasteiger partial charge < -0.3 is 4.85 Å². The maximum Gasteiger partial charge on any atom is 0.417 e. The molecule has 136 valence electrons. The lowest BCUT2D eigenvalue weighted by atomic mass is 9.57. The van der Waals surface area contributed by atoms with Crippen molar-refractivity contribution in [2.24, 2.45) is 7.05 Å². The van der Waals surface area contributed by atoms with Gasteiger partial charge >= 0.3 is 12.0 Å². The molecule has 3 aliphatic rings. The number of fused-ring (bicyclic) bond motifs is 3. The molecule has 7 heteroatoms. The van der Waals surface area contributed by atoms with Crippen molar-refractivity contribution in [1.29, 1.82) is 0 Å². The number of aromatic amines is 1. The first-order chi connectivity index (χ1) is 12.3. The Bertz CT molecular complexity index is 866. The SMILES string of the molecule is [C-]#[N+]C12CCC(c3[nH]nc(-c4ccccc4C(F)(F)F)[n+]3C)(CC1)CC2. The summed E-state index contributed by atoms with van der Waals surface area (Å²) in [5, 5.41) is 7.30.